The standard InChI is InChI=1S/C20H16FN3O2S/c1-12-18(19(25)22-15-4-3-5-16(10-15)26-2)27-20-23-17(11-24(12)20)13-6-8-14(21)9-7-13/h3-11H,1-2H3,(H,22,25). The Morgan fingerprint density at radius 1 is 1.22 bits per heavy atom. The van der Waals surface area contributed by atoms with Crippen molar-refractivity contribution < 1.29 is 13.9 Å². The summed E-state index contributed by atoms with van der Waals surface area (Å²) in [5.74, 6) is 0.196. The molecule has 136 valence electrons. The Labute approximate surface area is 159 Å². The first-order valence-corrected chi connectivity index (χ1v) is 9.06. The number of aryl methyl sites for hydroxylation is 1. The number of anilines is 1. The van der Waals surface area contributed by atoms with Gasteiger partial charge in [-0.1, -0.05) is 17.4 Å². The van der Waals surface area contributed by atoms with Crippen molar-refractivity contribution in [2.45, 2.75) is 6.92 Å². The summed E-state index contributed by atoms with van der Waals surface area (Å²) < 4.78 is 20.2. The van der Waals surface area contributed by atoms with Crippen molar-refractivity contribution in [3.05, 3.63) is 71.1 Å². The average Bonchev–Trinajstić information content (AvgIpc) is 3.22. The summed E-state index contributed by atoms with van der Waals surface area (Å²) >= 11 is 1.31. The van der Waals surface area contributed by atoms with Crippen LogP contribution in [0.15, 0.2) is 54.7 Å². The smallest absolute Gasteiger partial charge is 0.267 e. The number of nitrogens with zero attached hydrogens (tertiary/aromatic N) is 2. The molecule has 2 aromatic carbocycles. The van der Waals surface area contributed by atoms with E-state index in [1.165, 1.54) is 23.5 Å². The van der Waals surface area contributed by atoms with Crippen LogP contribution in [0.5, 0.6) is 5.75 Å². The number of nitrogens with one attached hydrogen (secondary N) is 1. The van der Waals surface area contributed by atoms with Crippen molar-refractivity contribution in [3.8, 4) is 17.0 Å². The van der Waals surface area contributed by atoms with Gasteiger partial charge >= 0.3 is 0 Å². The normalized spacial score (nSPS) is 10.9. The second kappa shape index (κ2) is 6.85. The third-order valence-electron chi connectivity index (χ3n) is 4.23. The van der Waals surface area contributed by atoms with E-state index >= 15 is 0 Å². The number of hydrogen-bond donors (Lipinski definition) is 1. The molecule has 0 saturated heterocycles. The number of imidazole rings is 1. The summed E-state index contributed by atoms with van der Waals surface area (Å²) in [6.45, 7) is 1.88. The molecule has 0 bridgehead atoms. The second-order valence-electron chi connectivity index (χ2n) is 5.99. The molecule has 0 fully saturated rings. The fourth-order valence-electron chi connectivity index (χ4n) is 2.81. The molecule has 27 heavy (non-hydrogen) atoms. The number of amides is 1. The zero-order chi connectivity index (χ0) is 19.0. The zero-order valence-corrected chi connectivity index (χ0v) is 15.5. The van der Waals surface area contributed by atoms with Crippen LogP contribution in [0.1, 0.15) is 15.4 Å². The lowest BCUT2D eigenvalue weighted by Crippen LogP contribution is -2.11. The number of benzene rings is 2. The first-order chi connectivity index (χ1) is 13.0. The van der Waals surface area contributed by atoms with Crippen LogP contribution in [-0.4, -0.2) is 22.4 Å². The van der Waals surface area contributed by atoms with Crippen LogP contribution in [0.25, 0.3) is 16.2 Å². The second-order valence-corrected chi connectivity index (χ2v) is 6.97. The largest absolute Gasteiger partial charge is 0.497 e. The number of carbonyl (C=O) groups excluding carboxylic acids is 1. The zero-order valence-electron chi connectivity index (χ0n) is 14.7. The Hall–Kier alpha value is -3.19. The van der Waals surface area contributed by atoms with Gasteiger partial charge in [0, 0.05) is 29.2 Å². The molecule has 4 aromatic rings. The lowest BCUT2D eigenvalue weighted by molar-refractivity contribution is 0.102. The third-order valence-corrected chi connectivity index (χ3v) is 5.39. The predicted molar refractivity (Wildman–Crippen MR) is 104 cm³/mol. The maximum absolute atomic E-state index is 13.1. The van der Waals surface area contributed by atoms with Gasteiger partial charge in [-0.3, -0.25) is 9.20 Å². The highest BCUT2D eigenvalue weighted by Crippen LogP contribution is 2.28. The number of ether oxygens (including phenoxy) is 1. The van der Waals surface area contributed by atoms with Gasteiger partial charge in [0.2, 0.25) is 0 Å². The molecule has 0 aliphatic rings. The molecular weight excluding hydrogens is 365 g/mol. The number of rotatable bonds is 4. The van der Waals surface area contributed by atoms with Gasteiger partial charge in [0.1, 0.15) is 16.4 Å². The first-order valence-electron chi connectivity index (χ1n) is 8.25. The molecule has 7 heteroatoms. The molecule has 0 spiro atoms. The highest BCUT2D eigenvalue weighted by molar-refractivity contribution is 7.19. The molecule has 0 aliphatic heterocycles. The monoisotopic (exact) mass is 381 g/mol. The van der Waals surface area contributed by atoms with E-state index in [-0.39, 0.29) is 11.7 Å². The summed E-state index contributed by atoms with van der Waals surface area (Å²) in [6.07, 6.45) is 1.86. The topological polar surface area (TPSA) is 55.6 Å². The van der Waals surface area contributed by atoms with Gasteiger partial charge < -0.3 is 10.1 Å². The molecule has 0 radical (unpaired) electrons. The Morgan fingerprint density at radius 2 is 2.00 bits per heavy atom. The molecule has 5 nitrogen and oxygen atoms in total. The van der Waals surface area contributed by atoms with E-state index in [0.29, 0.717) is 21.3 Å². The SMILES string of the molecule is COc1cccc(NC(=O)c2sc3nc(-c4ccc(F)cc4)cn3c2C)c1. The molecule has 0 saturated carbocycles. The number of hydrogen-bond acceptors (Lipinski definition) is 4. The third kappa shape index (κ3) is 3.29. The van der Waals surface area contributed by atoms with Crippen LogP contribution in [0.2, 0.25) is 0 Å². The van der Waals surface area contributed by atoms with Gasteiger partial charge in [-0.2, -0.15) is 0 Å². The number of carbonyl (C=O) groups is 1. The van der Waals surface area contributed by atoms with E-state index < -0.39 is 0 Å². The maximum atomic E-state index is 13.1. The van der Waals surface area contributed by atoms with Crippen LogP contribution in [0.4, 0.5) is 10.1 Å². The van der Waals surface area contributed by atoms with Crippen molar-refractivity contribution in [2.75, 3.05) is 12.4 Å². The Kier molecular flexibility index (Phi) is 4.37. The molecule has 0 aliphatic carbocycles. The minimum Gasteiger partial charge on any atom is -0.497 e. The van der Waals surface area contributed by atoms with E-state index in [0.717, 1.165) is 17.0 Å². The van der Waals surface area contributed by atoms with E-state index in [9.17, 15) is 9.18 Å². The molecule has 2 aromatic heterocycles. The minimum atomic E-state index is -0.285. The van der Waals surface area contributed by atoms with Crippen molar-refractivity contribution >= 4 is 27.9 Å². The van der Waals surface area contributed by atoms with Gasteiger partial charge in [0.05, 0.1) is 12.8 Å². The highest BCUT2D eigenvalue weighted by atomic mass is 32.1. The molecular formula is C20H16FN3O2S. The summed E-state index contributed by atoms with van der Waals surface area (Å²) in [5, 5.41) is 2.89. The van der Waals surface area contributed by atoms with Gasteiger partial charge in [0.25, 0.3) is 5.91 Å². The summed E-state index contributed by atoms with van der Waals surface area (Å²) in [7, 11) is 1.58. The maximum Gasteiger partial charge on any atom is 0.267 e. The fraction of sp³-hybridized carbons (Fsp3) is 0.100. The summed E-state index contributed by atoms with van der Waals surface area (Å²) in [4.78, 5) is 18.5. The number of methoxy groups -OCH3 is 1. The van der Waals surface area contributed by atoms with Gasteiger partial charge in [0.15, 0.2) is 4.96 Å². The Morgan fingerprint density at radius 3 is 2.70 bits per heavy atom. The minimum absolute atomic E-state index is 0.195. The predicted octanol–water partition coefficient (Wildman–Crippen LogP) is 4.77. The molecule has 4 rings (SSSR count). The van der Waals surface area contributed by atoms with Crippen molar-refractivity contribution in [1.82, 2.24) is 9.38 Å². The van der Waals surface area contributed by atoms with Crippen LogP contribution in [-0.2, 0) is 0 Å². The molecule has 1 amide bonds. The average molecular weight is 381 g/mol. The Bertz CT molecular complexity index is 1130. The number of halogens is 1. The quantitative estimate of drug-likeness (QED) is 0.554. The van der Waals surface area contributed by atoms with E-state index in [1.54, 1.807) is 31.4 Å². The van der Waals surface area contributed by atoms with E-state index in [2.05, 4.69) is 10.3 Å². The van der Waals surface area contributed by atoms with Gasteiger partial charge in [-0.25, -0.2) is 9.37 Å². The number of aromatic nitrogens is 2. The molecule has 1 N–H and O–H groups in total. The Balaban J connectivity index is 1.62. The first kappa shape index (κ1) is 17.2. The lowest BCUT2D eigenvalue weighted by atomic mass is 10.2. The molecule has 2 heterocycles. The number of fused-ring (bicyclic) bond motifs is 1. The molecule has 0 unspecified atom stereocenters. The fourth-order valence-corrected chi connectivity index (χ4v) is 3.81. The summed E-state index contributed by atoms with van der Waals surface area (Å²) in [6, 6.07) is 13.4. The van der Waals surface area contributed by atoms with Crippen LogP contribution >= 0.6 is 11.3 Å². The van der Waals surface area contributed by atoms with Gasteiger partial charge in [-0.15, -0.1) is 0 Å². The lowest BCUT2D eigenvalue weighted by Gasteiger charge is -2.06. The van der Waals surface area contributed by atoms with E-state index in [1.807, 2.05) is 29.7 Å². The van der Waals surface area contributed by atoms with Crippen molar-refractivity contribution in [2.24, 2.45) is 0 Å². The van der Waals surface area contributed by atoms with Crippen molar-refractivity contribution in [1.29, 1.82) is 0 Å². The van der Waals surface area contributed by atoms with E-state index in [4.69, 9.17) is 4.74 Å². The van der Waals surface area contributed by atoms with Crippen LogP contribution in [0, 0.1) is 12.7 Å². The number of thiazole rings is 1. The van der Waals surface area contributed by atoms with Crippen LogP contribution in [0.3, 0.4) is 0 Å². The highest BCUT2D eigenvalue weighted by Gasteiger charge is 2.18. The van der Waals surface area contributed by atoms with Gasteiger partial charge in [-0.05, 0) is 43.3 Å². The molecule has 0 atom stereocenters. The van der Waals surface area contributed by atoms with Crippen molar-refractivity contribution in [3.63, 3.8) is 0 Å². The van der Waals surface area contributed by atoms with Crippen LogP contribution < -0.4 is 10.1 Å². The summed E-state index contributed by atoms with van der Waals surface area (Å²) in [5.41, 5.74) is 3.03.